The minimum atomic E-state index is -0.0432. The molecule has 0 bridgehead atoms. The zero-order valence-electron chi connectivity index (χ0n) is 11.8. The van der Waals surface area contributed by atoms with E-state index in [4.69, 9.17) is 4.74 Å². The van der Waals surface area contributed by atoms with Crippen LogP contribution in [-0.2, 0) is 4.74 Å². The van der Waals surface area contributed by atoms with Gasteiger partial charge in [-0.25, -0.2) is 0 Å². The maximum Gasteiger partial charge on any atom is 0.251 e. The molecule has 0 aromatic heterocycles. The smallest absolute Gasteiger partial charge is 0.251 e. The van der Waals surface area contributed by atoms with E-state index in [0.29, 0.717) is 18.1 Å². The number of nitrogens with one attached hydrogen (secondary N) is 1. The summed E-state index contributed by atoms with van der Waals surface area (Å²) in [6.45, 7) is 4.81. The third-order valence-corrected chi connectivity index (χ3v) is 3.46. The lowest BCUT2D eigenvalue weighted by molar-refractivity contribution is 0.0895. The molecule has 0 saturated heterocycles. The van der Waals surface area contributed by atoms with Gasteiger partial charge in [0.1, 0.15) is 0 Å². The third-order valence-electron chi connectivity index (χ3n) is 3.00. The number of halogens is 1. The van der Waals surface area contributed by atoms with E-state index in [9.17, 15) is 4.79 Å². The molecule has 106 valence electrons. The first-order valence-corrected chi connectivity index (χ1v) is 7.66. The van der Waals surface area contributed by atoms with Crippen molar-refractivity contribution in [2.24, 2.45) is 0 Å². The highest BCUT2D eigenvalue weighted by atomic mass is 79.9. The normalized spacial score (nSPS) is 12.5. The fourth-order valence-electron chi connectivity index (χ4n) is 1.82. The van der Waals surface area contributed by atoms with Crippen LogP contribution in [0.25, 0.3) is 0 Å². The molecule has 1 rings (SSSR count). The Morgan fingerprint density at radius 2 is 1.95 bits per heavy atom. The number of carbonyl (C=O) groups excluding carboxylic acids is 1. The highest BCUT2D eigenvalue weighted by Crippen LogP contribution is 2.14. The minimum Gasteiger partial charge on any atom is -0.383 e. The Kier molecular flexibility index (Phi) is 7.10. The molecule has 0 heterocycles. The first-order chi connectivity index (χ1) is 9.08. The van der Waals surface area contributed by atoms with E-state index < -0.39 is 0 Å². The summed E-state index contributed by atoms with van der Waals surface area (Å²) < 4.78 is 5.11. The number of hydrogen-bond donors (Lipinski definition) is 1. The van der Waals surface area contributed by atoms with Gasteiger partial charge in [-0.15, -0.1) is 0 Å². The zero-order chi connectivity index (χ0) is 14.3. The molecule has 0 aliphatic carbocycles. The van der Waals surface area contributed by atoms with Gasteiger partial charge in [0.25, 0.3) is 5.91 Å². The zero-order valence-corrected chi connectivity index (χ0v) is 13.4. The molecule has 0 fully saturated rings. The highest BCUT2D eigenvalue weighted by Gasteiger charge is 2.13. The molecule has 1 unspecified atom stereocenters. The average Bonchev–Trinajstić information content (AvgIpc) is 2.39. The highest BCUT2D eigenvalue weighted by molar-refractivity contribution is 9.09. The van der Waals surface area contributed by atoms with Gasteiger partial charge in [-0.05, 0) is 30.0 Å². The van der Waals surface area contributed by atoms with Crippen LogP contribution in [0, 0.1) is 0 Å². The van der Waals surface area contributed by atoms with Crippen molar-refractivity contribution in [2.75, 3.05) is 19.0 Å². The molecule has 3 nitrogen and oxygen atoms in total. The summed E-state index contributed by atoms with van der Waals surface area (Å²) in [5.74, 6) is 0.435. The predicted octanol–water partition coefficient (Wildman–Crippen LogP) is 3.34. The molecule has 1 aromatic rings. The third kappa shape index (κ3) is 5.33. The van der Waals surface area contributed by atoms with E-state index in [1.165, 1.54) is 5.56 Å². The number of benzene rings is 1. The van der Waals surface area contributed by atoms with Crippen LogP contribution in [-0.4, -0.2) is 31.0 Å². The van der Waals surface area contributed by atoms with Crippen molar-refractivity contribution in [3.05, 3.63) is 35.4 Å². The van der Waals surface area contributed by atoms with Crippen molar-refractivity contribution in [3.8, 4) is 0 Å². The largest absolute Gasteiger partial charge is 0.383 e. The SMILES string of the molecule is COCC(CCBr)NC(=O)c1ccc(C(C)C)cc1. The molecular formula is C15H22BrNO2. The molecule has 1 amide bonds. The lowest BCUT2D eigenvalue weighted by Crippen LogP contribution is -2.38. The number of carbonyl (C=O) groups is 1. The van der Waals surface area contributed by atoms with Crippen molar-refractivity contribution in [2.45, 2.75) is 32.2 Å². The first kappa shape index (κ1) is 16.2. The van der Waals surface area contributed by atoms with Crippen LogP contribution in [0.5, 0.6) is 0 Å². The molecule has 0 aliphatic rings. The van der Waals surface area contributed by atoms with Gasteiger partial charge in [-0.1, -0.05) is 41.9 Å². The number of hydrogen-bond acceptors (Lipinski definition) is 2. The second-order valence-corrected chi connectivity index (χ2v) is 5.67. The topological polar surface area (TPSA) is 38.3 Å². The van der Waals surface area contributed by atoms with Crippen LogP contribution in [0.1, 0.15) is 42.1 Å². The minimum absolute atomic E-state index is 0.0432. The Balaban J connectivity index is 2.65. The lowest BCUT2D eigenvalue weighted by Gasteiger charge is -2.17. The molecule has 0 spiro atoms. The van der Waals surface area contributed by atoms with Crippen LogP contribution in [0.2, 0.25) is 0 Å². The number of ether oxygens (including phenoxy) is 1. The molecular weight excluding hydrogens is 306 g/mol. The van der Waals surface area contributed by atoms with Gasteiger partial charge in [0.15, 0.2) is 0 Å². The van der Waals surface area contributed by atoms with E-state index in [-0.39, 0.29) is 11.9 Å². The number of methoxy groups -OCH3 is 1. The quantitative estimate of drug-likeness (QED) is 0.780. The summed E-state index contributed by atoms with van der Waals surface area (Å²) in [6.07, 6.45) is 0.851. The summed E-state index contributed by atoms with van der Waals surface area (Å²) in [4.78, 5) is 12.1. The van der Waals surface area contributed by atoms with Gasteiger partial charge in [0.2, 0.25) is 0 Å². The summed E-state index contributed by atoms with van der Waals surface area (Å²) in [5.41, 5.74) is 1.94. The van der Waals surface area contributed by atoms with E-state index in [1.807, 2.05) is 24.3 Å². The Hall–Kier alpha value is -0.870. The molecule has 1 atom stereocenters. The molecule has 0 aliphatic heterocycles. The van der Waals surface area contributed by atoms with Crippen LogP contribution < -0.4 is 5.32 Å². The summed E-state index contributed by atoms with van der Waals surface area (Å²) in [7, 11) is 1.64. The van der Waals surface area contributed by atoms with Gasteiger partial charge in [0, 0.05) is 18.0 Å². The molecule has 1 aromatic carbocycles. The second kappa shape index (κ2) is 8.33. The van der Waals surface area contributed by atoms with Gasteiger partial charge < -0.3 is 10.1 Å². The van der Waals surface area contributed by atoms with Crippen molar-refractivity contribution >= 4 is 21.8 Å². The molecule has 19 heavy (non-hydrogen) atoms. The maximum absolute atomic E-state index is 12.1. The van der Waals surface area contributed by atoms with Crippen LogP contribution >= 0.6 is 15.9 Å². The van der Waals surface area contributed by atoms with Crippen molar-refractivity contribution in [1.82, 2.24) is 5.32 Å². The Bertz CT molecular complexity index is 384. The lowest BCUT2D eigenvalue weighted by atomic mass is 10.0. The van der Waals surface area contributed by atoms with Crippen LogP contribution in [0.3, 0.4) is 0 Å². The van der Waals surface area contributed by atoms with E-state index >= 15 is 0 Å². The molecule has 4 heteroatoms. The predicted molar refractivity (Wildman–Crippen MR) is 82.1 cm³/mol. The van der Waals surface area contributed by atoms with Gasteiger partial charge >= 0.3 is 0 Å². The summed E-state index contributed by atoms with van der Waals surface area (Å²) >= 11 is 3.38. The number of rotatable bonds is 7. The average molecular weight is 328 g/mol. The van der Waals surface area contributed by atoms with Crippen molar-refractivity contribution < 1.29 is 9.53 Å². The monoisotopic (exact) mass is 327 g/mol. The van der Waals surface area contributed by atoms with Crippen molar-refractivity contribution in [3.63, 3.8) is 0 Å². The first-order valence-electron chi connectivity index (χ1n) is 6.54. The van der Waals surface area contributed by atoms with Gasteiger partial charge in [0.05, 0.1) is 12.6 Å². The van der Waals surface area contributed by atoms with Gasteiger partial charge in [-0.3, -0.25) is 4.79 Å². The number of amides is 1. The van der Waals surface area contributed by atoms with Crippen LogP contribution in [0.4, 0.5) is 0 Å². The molecule has 0 radical (unpaired) electrons. The second-order valence-electron chi connectivity index (χ2n) is 4.88. The summed E-state index contributed by atoms with van der Waals surface area (Å²) in [5, 5.41) is 3.83. The van der Waals surface area contributed by atoms with E-state index in [2.05, 4.69) is 35.1 Å². The van der Waals surface area contributed by atoms with Crippen molar-refractivity contribution in [1.29, 1.82) is 0 Å². The standard InChI is InChI=1S/C15H22BrNO2/c1-11(2)12-4-6-13(7-5-12)15(18)17-14(8-9-16)10-19-3/h4-7,11,14H,8-10H2,1-3H3,(H,17,18). The van der Waals surface area contributed by atoms with E-state index in [1.54, 1.807) is 7.11 Å². The Morgan fingerprint density at radius 3 is 2.42 bits per heavy atom. The Morgan fingerprint density at radius 1 is 1.32 bits per heavy atom. The fraction of sp³-hybridized carbons (Fsp3) is 0.533. The van der Waals surface area contributed by atoms with Gasteiger partial charge in [-0.2, -0.15) is 0 Å². The van der Waals surface area contributed by atoms with E-state index in [0.717, 1.165) is 11.8 Å². The molecule has 0 saturated carbocycles. The Labute approximate surface area is 123 Å². The summed E-state index contributed by atoms with van der Waals surface area (Å²) in [6, 6.07) is 7.82. The van der Waals surface area contributed by atoms with Crippen LogP contribution in [0.15, 0.2) is 24.3 Å². The molecule has 1 N–H and O–H groups in total. The number of alkyl halides is 1. The maximum atomic E-state index is 12.1. The fourth-order valence-corrected chi connectivity index (χ4v) is 2.37.